The quantitative estimate of drug-likeness (QED) is 0.420. The molecule has 2 aliphatic heterocycles. The van der Waals surface area contributed by atoms with E-state index < -0.39 is 29.7 Å². The number of nitrogens with one attached hydrogen (secondary N) is 2. The molecule has 1 aromatic carbocycles. The molecule has 180 valence electrons. The number of benzene rings is 1. The first-order valence-electron chi connectivity index (χ1n) is 11.9. The SMILES string of the molecule is CCCCNc1c(-c2ccc3c(c2)C(=O)N(C2CCC(=O)NC2=O)C3=O)nc2cc(C)cc(C)n12. The van der Waals surface area contributed by atoms with Gasteiger partial charge >= 0.3 is 0 Å². The summed E-state index contributed by atoms with van der Waals surface area (Å²) in [5.41, 5.74) is 4.81. The van der Waals surface area contributed by atoms with Crippen molar-refractivity contribution in [1.82, 2.24) is 19.6 Å². The van der Waals surface area contributed by atoms with E-state index in [2.05, 4.69) is 28.0 Å². The molecule has 3 aromatic rings. The van der Waals surface area contributed by atoms with Gasteiger partial charge in [0.2, 0.25) is 11.8 Å². The number of amides is 4. The standard InChI is InChI=1S/C26H27N5O4/c1-4-5-10-27-23-22(28-20-12-14(2)11-15(3)30(20)23)16-6-7-17-18(13-16)26(35)31(25(17)34)19-8-9-21(32)29-24(19)33/h6-7,11-13,19,27H,4-5,8-10H2,1-3H3,(H,29,32,33). The number of hydrogen-bond acceptors (Lipinski definition) is 6. The fourth-order valence-electron chi connectivity index (χ4n) is 4.90. The van der Waals surface area contributed by atoms with Crippen LogP contribution in [0.1, 0.15) is 64.6 Å². The van der Waals surface area contributed by atoms with E-state index >= 15 is 0 Å². The maximum Gasteiger partial charge on any atom is 0.262 e. The number of carbonyl (C=O) groups excluding carboxylic acids is 4. The van der Waals surface area contributed by atoms with Gasteiger partial charge in [-0.25, -0.2) is 4.98 Å². The van der Waals surface area contributed by atoms with Crippen molar-refractivity contribution in [1.29, 1.82) is 0 Å². The van der Waals surface area contributed by atoms with Crippen LogP contribution in [-0.4, -0.2) is 50.5 Å². The van der Waals surface area contributed by atoms with E-state index in [4.69, 9.17) is 4.98 Å². The summed E-state index contributed by atoms with van der Waals surface area (Å²) in [6.45, 7) is 6.95. The van der Waals surface area contributed by atoms with Gasteiger partial charge in [0.15, 0.2) is 0 Å². The number of imidazole rings is 1. The zero-order valence-electron chi connectivity index (χ0n) is 20.0. The van der Waals surface area contributed by atoms with Gasteiger partial charge in [-0.2, -0.15) is 0 Å². The minimum Gasteiger partial charge on any atom is -0.369 e. The zero-order chi connectivity index (χ0) is 24.9. The molecule has 5 rings (SSSR count). The van der Waals surface area contributed by atoms with Crippen molar-refractivity contribution in [2.24, 2.45) is 0 Å². The van der Waals surface area contributed by atoms with Gasteiger partial charge in [-0.1, -0.05) is 19.4 Å². The van der Waals surface area contributed by atoms with E-state index in [1.165, 1.54) is 0 Å². The van der Waals surface area contributed by atoms with Gasteiger partial charge in [-0.15, -0.1) is 0 Å². The lowest BCUT2D eigenvalue weighted by molar-refractivity contribution is -0.136. The van der Waals surface area contributed by atoms with Crippen LogP contribution in [0.4, 0.5) is 5.82 Å². The predicted octanol–water partition coefficient (Wildman–Crippen LogP) is 3.23. The minimum absolute atomic E-state index is 0.0852. The Bertz CT molecular complexity index is 1410. The van der Waals surface area contributed by atoms with E-state index in [1.807, 2.05) is 19.9 Å². The van der Waals surface area contributed by atoms with Crippen molar-refractivity contribution in [3.63, 3.8) is 0 Å². The molecule has 4 heterocycles. The van der Waals surface area contributed by atoms with Crippen LogP contribution in [0.15, 0.2) is 30.3 Å². The number of imide groups is 2. The molecule has 0 bridgehead atoms. The third-order valence-corrected chi connectivity index (χ3v) is 6.59. The molecule has 35 heavy (non-hydrogen) atoms. The summed E-state index contributed by atoms with van der Waals surface area (Å²) < 4.78 is 2.06. The topological polar surface area (TPSA) is 113 Å². The summed E-state index contributed by atoms with van der Waals surface area (Å²) in [5.74, 6) is -1.23. The molecule has 2 aliphatic rings. The lowest BCUT2D eigenvalue weighted by Gasteiger charge is -2.27. The third kappa shape index (κ3) is 3.77. The van der Waals surface area contributed by atoms with Crippen molar-refractivity contribution >= 4 is 35.1 Å². The van der Waals surface area contributed by atoms with Crippen LogP contribution < -0.4 is 10.6 Å². The summed E-state index contributed by atoms with van der Waals surface area (Å²) in [7, 11) is 0. The highest BCUT2D eigenvalue weighted by atomic mass is 16.2. The number of unbranched alkanes of at least 4 members (excludes halogenated alkanes) is 1. The number of hydrogen-bond donors (Lipinski definition) is 2. The normalized spacial score (nSPS) is 17.8. The fourth-order valence-corrected chi connectivity index (χ4v) is 4.90. The van der Waals surface area contributed by atoms with Crippen molar-refractivity contribution in [2.75, 3.05) is 11.9 Å². The molecule has 0 aliphatic carbocycles. The smallest absolute Gasteiger partial charge is 0.262 e. The van der Waals surface area contributed by atoms with Crippen LogP contribution >= 0.6 is 0 Å². The minimum atomic E-state index is -0.990. The number of anilines is 1. The second kappa shape index (κ2) is 8.65. The number of carbonyl (C=O) groups is 4. The summed E-state index contributed by atoms with van der Waals surface area (Å²) >= 11 is 0. The number of aromatic nitrogens is 2. The average molecular weight is 474 g/mol. The first-order valence-corrected chi connectivity index (χ1v) is 11.9. The Morgan fingerprint density at radius 3 is 2.57 bits per heavy atom. The monoisotopic (exact) mass is 473 g/mol. The fraction of sp³-hybridized carbons (Fsp3) is 0.346. The number of pyridine rings is 1. The summed E-state index contributed by atoms with van der Waals surface area (Å²) in [4.78, 5) is 56.1. The molecular formula is C26H27N5O4. The Labute approximate surface area is 202 Å². The van der Waals surface area contributed by atoms with E-state index in [1.54, 1.807) is 18.2 Å². The van der Waals surface area contributed by atoms with Crippen molar-refractivity contribution in [3.8, 4) is 11.3 Å². The predicted molar refractivity (Wildman–Crippen MR) is 130 cm³/mol. The van der Waals surface area contributed by atoms with Gasteiger partial charge in [0.25, 0.3) is 11.8 Å². The van der Waals surface area contributed by atoms with Crippen LogP contribution in [0.3, 0.4) is 0 Å². The van der Waals surface area contributed by atoms with Gasteiger partial charge in [-0.05, 0) is 56.5 Å². The lowest BCUT2D eigenvalue weighted by atomic mass is 10.0. The Morgan fingerprint density at radius 1 is 1.06 bits per heavy atom. The molecule has 1 saturated heterocycles. The Morgan fingerprint density at radius 2 is 1.83 bits per heavy atom. The van der Waals surface area contributed by atoms with Gasteiger partial charge < -0.3 is 5.32 Å². The molecular weight excluding hydrogens is 446 g/mol. The van der Waals surface area contributed by atoms with Crippen LogP contribution in [0, 0.1) is 13.8 Å². The first-order chi connectivity index (χ1) is 16.8. The highest BCUT2D eigenvalue weighted by Gasteiger charge is 2.44. The van der Waals surface area contributed by atoms with Crippen molar-refractivity contribution in [2.45, 2.75) is 52.5 Å². The molecule has 4 amide bonds. The largest absolute Gasteiger partial charge is 0.369 e. The molecule has 2 aromatic heterocycles. The molecule has 1 unspecified atom stereocenters. The summed E-state index contributed by atoms with van der Waals surface area (Å²) in [5, 5.41) is 5.73. The average Bonchev–Trinajstić information content (AvgIpc) is 3.29. The number of rotatable bonds is 6. The summed E-state index contributed by atoms with van der Waals surface area (Å²) in [6.07, 6.45) is 2.25. The van der Waals surface area contributed by atoms with E-state index in [0.29, 0.717) is 11.3 Å². The Hall–Kier alpha value is -4.01. The zero-order valence-corrected chi connectivity index (χ0v) is 20.0. The van der Waals surface area contributed by atoms with Crippen LogP contribution in [0.25, 0.3) is 16.9 Å². The Balaban J connectivity index is 1.57. The third-order valence-electron chi connectivity index (χ3n) is 6.59. The number of aryl methyl sites for hydroxylation is 2. The molecule has 1 atom stereocenters. The first kappa shape index (κ1) is 22.8. The molecule has 2 N–H and O–H groups in total. The van der Waals surface area contributed by atoms with Crippen molar-refractivity contribution in [3.05, 3.63) is 52.7 Å². The highest BCUT2D eigenvalue weighted by Crippen LogP contribution is 2.35. The number of piperidine rings is 1. The van der Waals surface area contributed by atoms with E-state index in [-0.39, 0.29) is 24.0 Å². The van der Waals surface area contributed by atoms with Gasteiger partial charge in [0.1, 0.15) is 23.2 Å². The molecule has 0 radical (unpaired) electrons. The molecule has 9 heteroatoms. The molecule has 0 spiro atoms. The highest BCUT2D eigenvalue weighted by molar-refractivity contribution is 6.23. The van der Waals surface area contributed by atoms with Gasteiger partial charge in [0.05, 0.1) is 11.1 Å². The van der Waals surface area contributed by atoms with Crippen molar-refractivity contribution < 1.29 is 19.2 Å². The van der Waals surface area contributed by atoms with Crippen LogP contribution in [0.5, 0.6) is 0 Å². The number of fused-ring (bicyclic) bond motifs is 2. The maximum atomic E-state index is 13.3. The second-order valence-corrected chi connectivity index (χ2v) is 9.16. The van der Waals surface area contributed by atoms with E-state index in [9.17, 15) is 19.2 Å². The number of nitrogens with zero attached hydrogens (tertiary/aromatic N) is 3. The molecule has 1 fully saturated rings. The second-order valence-electron chi connectivity index (χ2n) is 9.16. The van der Waals surface area contributed by atoms with Gasteiger partial charge in [-0.3, -0.25) is 33.8 Å². The Kier molecular flexibility index (Phi) is 5.62. The molecule has 9 nitrogen and oxygen atoms in total. The van der Waals surface area contributed by atoms with Gasteiger partial charge in [0, 0.05) is 24.2 Å². The van der Waals surface area contributed by atoms with Crippen LogP contribution in [0.2, 0.25) is 0 Å². The van der Waals surface area contributed by atoms with Crippen LogP contribution in [-0.2, 0) is 9.59 Å². The lowest BCUT2D eigenvalue weighted by Crippen LogP contribution is -2.54. The molecule has 0 saturated carbocycles. The van der Waals surface area contributed by atoms with E-state index in [0.717, 1.165) is 47.0 Å². The maximum absolute atomic E-state index is 13.3. The summed E-state index contributed by atoms with van der Waals surface area (Å²) in [6, 6.07) is 8.19.